The Hall–Kier alpha value is -2.42. The highest BCUT2D eigenvalue weighted by atomic mass is 16.6. The SMILES string of the molecule is COC1=Cc2ccccc2OC12Cc1ccccc1N2. The van der Waals surface area contributed by atoms with Gasteiger partial charge in [0.1, 0.15) is 5.75 Å². The molecular formula is C17H15NO2. The highest BCUT2D eigenvalue weighted by Crippen LogP contribution is 2.43. The number of fused-ring (bicyclic) bond motifs is 2. The largest absolute Gasteiger partial charge is 0.495 e. The van der Waals surface area contributed by atoms with Gasteiger partial charge in [-0.05, 0) is 23.8 Å². The van der Waals surface area contributed by atoms with Gasteiger partial charge in [0.25, 0.3) is 0 Å². The monoisotopic (exact) mass is 265 g/mol. The van der Waals surface area contributed by atoms with E-state index in [1.807, 2.05) is 36.4 Å². The molecule has 2 aromatic rings. The van der Waals surface area contributed by atoms with Crippen LogP contribution in [0.4, 0.5) is 5.69 Å². The number of hydrogen-bond donors (Lipinski definition) is 1. The lowest BCUT2D eigenvalue weighted by atomic mass is 10.00. The van der Waals surface area contributed by atoms with E-state index in [0.29, 0.717) is 0 Å². The molecule has 20 heavy (non-hydrogen) atoms. The number of hydrogen-bond acceptors (Lipinski definition) is 3. The lowest BCUT2D eigenvalue weighted by molar-refractivity contribution is 0.0735. The van der Waals surface area contributed by atoms with Gasteiger partial charge in [0, 0.05) is 17.7 Å². The molecule has 3 nitrogen and oxygen atoms in total. The van der Waals surface area contributed by atoms with Gasteiger partial charge in [-0.2, -0.15) is 0 Å². The van der Waals surface area contributed by atoms with Crippen LogP contribution in [0.3, 0.4) is 0 Å². The molecule has 0 amide bonds. The summed E-state index contributed by atoms with van der Waals surface area (Å²) in [4.78, 5) is 0. The van der Waals surface area contributed by atoms with Crippen molar-refractivity contribution in [3.05, 3.63) is 65.4 Å². The number of benzene rings is 2. The van der Waals surface area contributed by atoms with E-state index in [1.165, 1.54) is 5.56 Å². The number of rotatable bonds is 1. The van der Waals surface area contributed by atoms with Gasteiger partial charge in [-0.1, -0.05) is 36.4 Å². The van der Waals surface area contributed by atoms with Crippen LogP contribution in [-0.2, 0) is 11.2 Å². The first-order valence-corrected chi connectivity index (χ1v) is 6.71. The summed E-state index contributed by atoms with van der Waals surface area (Å²) in [5.74, 6) is 1.70. The van der Waals surface area contributed by atoms with Crippen LogP contribution in [-0.4, -0.2) is 12.8 Å². The molecule has 0 aliphatic carbocycles. The molecule has 0 fully saturated rings. The molecule has 1 N–H and O–H groups in total. The molecule has 1 spiro atoms. The molecule has 0 radical (unpaired) electrons. The fourth-order valence-corrected chi connectivity index (χ4v) is 2.95. The lowest BCUT2D eigenvalue weighted by Crippen LogP contribution is -2.46. The second kappa shape index (κ2) is 4.04. The second-order valence-electron chi connectivity index (χ2n) is 5.14. The van der Waals surface area contributed by atoms with E-state index < -0.39 is 5.72 Å². The molecule has 0 saturated carbocycles. The number of anilines is 1. The van der Waals surface area contributed by atoms with Crippen LogP contribution in [0.25, 0.3) is 6.08 Å². The minimum atomic E-state index is -0.618. The average Bonchev–Trinajstić information content (AvgIpc) is 2.84. The molecule has 2 aliphatic rings. The number of methoxy groups -OCH3 is 1. The van der Waals surface area contributed by atoms with Crippen molar-refractivity contribution in [3.8, 4) is 5.75 Å². The zero-order valence-corrected chi connectivity index (χ0v) is 11.2. The molecule has 0 saturated heterocycles. The van der Waals surface area contributed by atoms with Crippen molar-refractivity contribution in [2.24, 2.45) is 0 Å². The average molecular weight is 265 g/mol. The lowest BCUT2D eigenvalue weighted by Gasteiger charge is -2.35. The maximum Gasteiger partial charge on any atom is 0.242 e. The van der Waals surface area contributed by atoms with Crippen LogP contribution in [0.5, 0.6) is 5.75 Å². The zero-order valence-electron chi connectivity index (χ0n) is 11.2. The van der Waals surface area contributed by atoms with Gasteiger partial charge in [0.2, 0.25) is 5.72 Å². The predicted octanol–water partition coefficient (Wildman–Crippen LogP) is 3.43. The van der Waals surface area contributed by atoms with Crippen molar-refractivity contribution in [3.63, 3.8) is 0 Å². The van der Waals surface area contributed by atoms with E-state index in [1.54, 1.807) is 7.11 Å². The normalized spacial score (nSPS) is 22.4. The molecule has 1 atom stereocenters. The molecule has 2 aromatic carbocycles. The van der Waals surface area contributed by atoms with Gasteiger partial charge >= 0.3 is 0 Å². The second-order valence-corrected chi connectivity index (χ2v) is 5.14. The molecule has 0 bridgehead atoms. The number of para-hydroxylation sites is 2. The van der Waals surface area contributed by atoms with Gasteiger partial charge in [0.05, 0.1) is 7.11 Å². The van der Waals surface area contributed by atoms with Crippen LogP contribution in [0, 0.1) is 0 Å². The fourth-order valence-electron chi connectivity index (χ4n) is 2.95. The van der Waals surface area contributed by atoms with Crippen LogP contribution >= 0.6 is 0 Å². The Morgan fingerprint density at radius 1 is 1.10 bits per heavy atom. The van der Waals surface area contributed by atoms with E-state index >= 15 is 0 Å². The molecular weight excluding hydrogens is 250 g/mol. The van der Waals surface area contributed by atoms with Crippen molar-refractivity contribution in [2.45, 2.75) is 12.1 Å². The minimum Gasteiger partial charge on any atom is -0.495 e. The smallest absolute Gasteiger partial charge is 0.242 e. The maximum absolute atomic E-state index is 6.26. The van der Waals surface area contributed by atoms with Crippen molar-refractivity contribution >= 4 is 11.8 Å². The summed E-state index contributed by atoms with van der Waals surface area (Å²) in [6.45, 7) is 0. The Kier molecular flexibility index (Phi) is 2.30. The van der Waals surface area contributed by atoms with Gasteiger partial charge in [-0.25, -0.2) is 0 Å². The summed E-state index contributed by atoms with van der Waals surface area (Å²) < 4.78 is 11.9. The summed E-state index contributed by atoms with van der Waals surface area (Å²) in [5, 5.41) is 3.48. The first-order chi connectivity index (χ1) is 9.81. The Morgan fingerprint density at radius 2 is 1.90 bits per heavy atom. The molecule has 4 rings (SSSR count). The van der Waals surface area contributed by atoms with Gasteiger partial charge in [-0.15, -0.1) is 0 Å². The molecule has 100 valence electrons. The highest BCUT2D eigenvalue weighted by Gasteiger charge is 2.46. The summed E-state index contributed by atoms with van der Waals surface area (Å²) >= 11 is 0. The summed E-state index contributed by atoms with van der Waals surface area (Å²) in [6.07, 6.45) is 2.81. The third kappa shape index (κ3) is 1.53. The van der Waals surface area contributed by atoms with Crippen LogP contribution < -0.4 is 10.1 Å². The van der Waals surface area contributed by atoms with E-state index in [0.717, 1.165) is 29.2 Å². The first-order valence-electron chi connectivity index (χ1n) is 6.71. The standard InChI is InChI=1S/C17H15NO2/c1-19-16-10-12-6-3-5-9-15(12)20-17(16)11-13-7-2-4-8-14(13)18-17/h2-10,18H,11H2,1H3. The fraction of sp³-hybridized carbons (Fsp3) is 0.176. The summed E-state index contributed by atoms with van der Waals surface area (Å²) in [7, 11) is 1.69. The third-order valence-corrected chi connectivity index (χ3v) is 3.90. The topological polar surface area (TPSA) is 30.5 Å². The maximum atomic E-state index is 6.26. The molecule has 2 heterocycles. The molecule has 0 aromatic heterocycles. The van der Waals surface area contributed by atoms with Crippen molar-refractivity contribution in [1.82, 2.24) is 0 Å². The van der Waals surface area contributed by atoms with E-state index in [4.69, 9.17) is 9.47 Å². The Balaban J connectivity index is 1.81. The quantitative estimate of drug-likeness (QED) is 0.857. The first kappa shape index (κ1) is 11.4. The summed E-state index contributed by atoms with van der Waals surface area (Å²) in [6, 6.07) is 16.3. The summed E-state index contributed by atoms with van der Waals surface area (Å²) in [5.41, 5.74) is 2.78. The molecule has 3 heteroatoms. The highest BCUT2D eigenvalue weighted by molar-refractivity contribution is 5.69. The molecule has 2 aliphatic heterocycles. The Bertz CT molecular complexity index is 681. The van der Waals surface area contributed by atoms with Crippen molar-refractivity contribution in [1.29, 1.82) is 0 Å². The Morgan fingerprint density at radius 3 is 2.75 bits per heavy atom. The zero-order chi connectivity index (χ0) is 13.6. The van der Waals surface area contributed by atoms with Gasteiger partial charge in [0.15, 0.2) is 5.76 Å². The number of ether oxygens (including phenoxy) is 2. The van der Waals surface area contributed by atoms with Crippen molar-refractivity contribution in [2.75, 3.05) is 12.4 Å². The molecule has 1 unspecified atom stereocenters. The van der Waals surface area contributed by atoms with Crippen LogP contribution in [0.2, 0.25) is 0 Å². The van der Waals surface area contributed by atoms with Crippen molar-refractivity contribution < 1.29 is 9.47 Å². The van der Waals surface area contributed by atoms with Gasteiger partial charge < -0.3 is 14.8 Å². The minimum absolute atomic E-state index is 0.618. The van der Waals surface area contributed by atoms with Gasteiger partial charge in [-0.3, -0.25) is 0 Å². The van der Waals surface area contributed by atoms with E-state index in [2.05, 4.69) is 23.5 Å². The van der Waals surface area contributed by atoms with Crippen LogP contribution in [0.1, 0.15) is 11.1 Å². The Labute approximate surface area is 117 Å². The predicted molar refractivity (Wildman–Crippen MR) is 78.6 cm³/mol. The van der Waals surface area contributed by atoms with E-state index in [9.17, 15) is 0 Å². The van der Waals surface area contributed by atoms with E-state index in [-0.39, 0.29) is 0 Å². The number of nitrogens with one attached hydrogen (secondary N) is 1. The van der Waals surface area contributed by atoms with Crippen LogP contribution in [0.15, 0.2) is 54.3 Å². The third-order valence-electron chi connectivity index (χ3n) is 3.90.